The molecule has 31 heavy (non-hydrogen) atoms. The van der Waals surface area contributed by atoms with Crippen LogP contribution in [0.3, 0.4) is 0 Å². The lowest BCUT2D eigenvalue weighted by molar-refractivity contribution is 0.0701. The molecule has 1 aliphatic carbocycles. The molecule has 0 amide bonds. The molecule has 2 fully saturated rings. The molecule has 5 heterocycles. The van der Waals surface area contributed by atoms with E-state index in [0.29, 0.717) is 12.1 Å². The van der Waals surface area contributed by atoms with Crippen molar-refractivity contribution < 1.29 is 4.74 Å². The monoisotopic (exact) mass is 420 g/mol. The van der Waals surface area contributed by atoms with Crippen molar-refractivity contribution in [2.45, 2.75) is 51.1 Å². The number of imidazole rings is 1. The van der Waals surface area contributed by atoms with Crippen LogP contribution in [0.5, 0.6) is 0 Å². The molecule has 162 valence electrons. The van der Waals surface area contributed by atoms with Crippen LogP contribution < -0.4 is 11.5 Å². The molecule has 0 unspecified atom stereocenters. The standard InChI is InChI=1S/C18H19N7O.C4H9N/c1-11-22-17-15(25(11)13-3-6-26-7-4-13)8-12(9-20-17)14-2-5-24-16(14)10-21-18(19)23-24;5-4-2-1-3-4/h2,5,8-10,13H,3-4,6-7H2,1H3,(H2,19,23);4H,1-3,5H2. The molecule has 4 N–H and O–H groups in total. The highest BCUT2D eigenvalue weighted by molar-refractivity contribution is 5.85. The van der Waals surface area contributed by atoms with E-state index in [1.807, 2.05) is 25.4 Å². The zero-order chi connectivity index (χ0) is 21.4. The maximum absolute atomic E-state index is 5.67. The lowest BCUT2D eigenvalue weighted by Gasteiger charge is -2.25. The molecule has 6 rings (SSSR count). The average Bonchev–Trinajstić information content (AvgIpc) is 3.32. The number of hydrogen-bond donors (Lipinski definition) is 2. The summed E-state index contributed by atoms with van der Waals surface area (Å²) in [6, 6.07) is 5.13. The van der Waals surface area contributed by atoms with Crippen molar-refractivity contribution in [1.82, 2.24) is 29.1 Å². The molecule has 4 aromatic rings. The third-order valence-electron chi connectivity index (χ3n) is 6.17. The van der Waals surface area contributed by atoms with Crippen molar-refractivity contribution in [3.05, 3.63) is 36.5 Å². The topological polar surface area (TPSA) is 122 Å². The first-order valence-electron chi connectivity index (χ1n) is 10.9. The molecule has 0 spiro atoms. The fourth-order valence-corrected chi connectivity index (χ4v) is 4.24. The van der Waals surface area contributed by atoms with Crippen molar-refractivity contribution in [2.75, 3.05) is 18.9 Å². The number of nitrogens with two attached hydrogens (primary N) is 2. The molecule has 0 bridgehead atoms. The van der Waals surface area contributed by atoms with Crippen LogP contribution in [0.15, 0.2) is 30.7 Å². The SMILES string of the molecule is Cc1nc2ncc(-c3ccn4nc(N)ncc34)cc2n1C1CCOCC1.NC1CCC1. The highest BCUT2D eigenvalue weighted by atomic mass is 16.5. The number of hydrogen-bond acceptors (Lipinski definition) is 7. The van der Waals surface area contributed by atoms with E-state index in [2.05, 4.69) is 30.7 Å². The van der Waals surface area contributed by atoms with Gasteiger partial charge in [0.1, 0.15) is 5.82 Å². The van der Waals surface area contributed by atoms with Crippen molar-refractivity contribution in [1.29, 1.82) is 0 Å². The summed E-state index contributed by atoms with van der Waals surface area (Å²) < 4.78 is 9.56. The van der Waals surface area contributed by atoms with Crippen LogP contribution in [0.4, 0.5) is 5.95 Å². The largest absolute Gasteiger partial charge is 0.381 e. The summed E-state index contributed by atoms with van der Waals surface area (Å²) in [6.07, 6.45) is 11.4. The Hall–Kier alpha value is -3.04. The van der Waals surface area contributed by atoms with Gasteiger partial charge in [0.2, 0.25) is 5.95 Å². The van der Waals surface area contributed by atoms with E-state index in [0.717, 1.165) is 59.7 Å². The third kappa shape index (κ3) is 3.86. The zero-order valence-electron chi connectivity index (χ0n) is 17.7. The van der Waals surface area contributed by atoms with Crippen LogP contribution in [0.25, 0.3) is 27.8 Å². The van der Waals surface area contributed by atoms with Gasteiger partial charge in [0.25, 0.3) is 0 Å². The molecule has 2 aliphatic rings. The van der Waals surface area contributed by atoms with E-state index in [4.69, 9.17) is 16.2 Å². The number of pyridine rings is 1. The van der Waals surface area contributed by atoms with Crippen LogP contribution in [0, 0.1) is 6.92 Å². The minimum Gasteiger partial charge on any atom is -0.381 e. The maximum Gasteiger partial charge on any atom is 0.238 e. The minimum absolute atomic E-state index is 0.251. The fourth-order valence-electron chi connectivity index (χ4n) is 4.24. The summed E-state index contributed by atoms with van der Waals surface area (Å²) in [6.45, 7) is 3.63. The van der Waals surface area contributed by atoms with Gasteiger partial charge in [0.05, 0.1) is 17.2 Å². The molecule has 9 nitrogen and oxygen atoms in total. The van der Waals surface area contributed by atoms with Crippen molar-refractivity contribution in [2.24, 2.45) is 5.73 Å². The van der Waals surface area contributed by atoms with Crippen molar-refractivity contribution >= 4 is 22.6 Å². The van der Waals surface area contributed by atoms with Gasteiger partial charge < -0.3 is 20.8 Å². The zero-order valence-corrected chi connectivity index (χ0v) is 17.7. The Morgan fingerprint density at radius 3 is 2.55 bits per heavy atom. The van der Waals surface area contributed by atoms with Gasteiger partial charge in [-0.25, -0.2) is 19.5 Å². The molecule has 0 aromatic carbocycles. The number of fused-ring (bicyclic) bond motifs is 2. The van der Waals surface area contributed by atoms with Crippen molar-refractivity contribution in [3.8, 4) is 11.1 Å². The molecular weight excluding hydrogens is 392 g/mol. The molecule has 1 saturated carbocycles. The van der Waals surface area contributed by atoms with Crippen LogP contribution >= 0.6 is 0 Å². The van der Waals surface area contributed by atoms with Crippen molar-refractivity contribution in [3.63, 3.8) is 0 Å². The van der Waals surface area contributed by atoms with Crippen LogP contribution in [0.2, 0.25) is 0 Å². The second-order valence-corrected chi connectivity index (χ2v) is 8.31. The first kappa shape index (κ1) is 19.9. The predicted molar refractivity (Wildman–Crippen MR) is 120 cm³/mol. The van der Waals surface area contributed by atoms with Gasteiger partial charge in [-0.05, 0) is 44.7 Å². The smallest absolute Gasteiger partial charge is 0.238 e. The van der Waals surface area contributed by atoms with Gasteiger partial charge >= 0.3 is 0 Å². The molecule has 0 atom stereocenters. The Bertz CT molecular complexity index is 1200. The lowest BCUT2D eigenvalue weighted by Crippen LogP contribution is -2.27. The molecule has 1 saturated heterocycles. The highest BCUT2D eigenvalue weighted by Crippen LogP contribution is 2.31. The normalized spacial score (nSPS) is 17.5. The number of nitrogens with zero attached hydrogens (tertiary/aromatic N) is 6. The van der Waals surface area contributed by atoms with Crippen LogP contribution in [-0.2, 0) is 4.74 Å². The summed E-state index contributed by atoms with van der Waals surface area (Å²) in [5.41, 5.74) is 15.8. The van der Waals surface area contributed by atoms with Gasteiger partial charge in [-0.15, -0.1) is 5.10 Å². The molecule has 0 radical (unpaired) electrons. The average molecular weight is 421 g/mol. The molecule has 9 heteroatoms. The van der Waals surface area contributed by atoms with E-state index in [-0.39, 0.29) is 5.95 Å². The Kier molecular flexibility index (Phi) is 5.29. The number of rotatable bonds is 2. The summed E-state index contributed by atoms with van der Waals surface area (Å²) in [7, 11) is 0. The van der Waals surface area contributed by atoms with E-state index in [1.54, 1.807) is 10.7 Å². The van der Waals surface area contributed by atoms with Gasteiger partial charge in [-0.2, -0.15) is 0 Å². The third-order valence-corrected chi connectivity index (χ3v) is 6.17. The first-order chi connectivity index (χ1) is 15.1. The van der Waals surface area contributed by atoms with E-state index in [1.165, 1.54) is 19.3 Å². The molecular formula is C22H28N8O. The fraction of sp³-hybridized carbons (Fsp3) is 0.455. The lowest BCUT2D eigenvalue weighted by atomic mass is 9.95. The van der Waals surface area contributed by atoms with E-state index in [9.17, 15) is 0 Å². The first-order valence-corrected chi connectivity index (χ1v) is 10.9. The second-order valence-electron chi connectivity index (χ2n) is 8.31. The second kappa shape index (κ2) is 8.24. The van der Waals surface area contributed by atoms with E-state index >= 15 is 0 Å². The van der Waals surface area contributed by atoms with Gasteiger partial charge in [-0.1, -0.05) is 6.42 Å². The Morgan fingerprint density at radius 2 is 1.84 bits per heavy atom. The molecule has 1 aliphatic heterocycles. The van der Waals surface area contributed by atoms with Gasteiger partial charge in [-0.3, -0.25) is 0 Å². The number of nitrogen functional groups attached to an aromatic ring is 1. The van der Waals surface area contributed by atoms with Gasteiger partial charge in [0, 0.05) is 48.8 Å². The Morgan fingerprint density at radius 1 is 1.06 bits per heavy atom. The van der Waals surface area contributed by atoms with Crippen LogP contribution in [0.1, 0.15) is 44.0 Å². The Labute approximate surface area is 180 Å². The number of anilines is 1. The predicted octanol–water partition coefficient (Wildman–Crippen LogP) is 2.88. The minimum atomic E-state index is 0.251. The summed E-state index contributed by atoms with van der Waals surface area (Å²) >= 11 is 0. The van der Waals surface area contributed by atoms with Crippen LogP contribution in [-0.4, -0.2) is 48.4 Å². The summed E-state index contributed by atoms with van der Waals surface area (Å²) in [5.74, 6) is 1.25. The number of ether oxygens (including phenoxy) is 1. The molecule has 4 aromatic heterocycles. The summed E-state index contributed by atoms with van der Waals surface area (Å²) in [4.78, 5) is 13.4. The van der Waals surface area contributed by atoms with E-state index < -0.39 is 0 Å². The number of aromatic nitrogens is 6. The quantitative estimate of drug-likeness (QED) is 0.511. The maximum atomic E-state index is 5.67. The van der Waals surface area contributed by atoms with Gasteiger partial charge in [0.15, 0.2) is 5.65 Å². The Balaban J connectivity index is 0.000000361. The number of aryl methyl sites for hydroxylation is 1. The highest BCUT2D eigenvalue weighted by Gasteiger charge is 2.21. The summed E-state index contributed by atoms with van der Waals surface area (Å²) in [5, 5.41) is 4.21.